The minimum atomic E-state index is -0.153. The molecule has 0 radical (unpaired) electrons. The zero-order valence-corrected chi connectivity index (χ0v) is 15.6. The van der Waals surface area contributed by atoms with Gasteiger partial charge in [-0.3, -0.25) is 4.90 Å². The predicted octanol–water partition coefficient (Wildman–Crippen LogP) is 1.76. The third-order valence-electron chi connectivity index (χ3n) is 4.77. The first-order valence-electron chi connectivity index (χ1n) is 9.52. The van der Waals surface area contributed by atoms with Gasteiger partial charge in [-0.2, -0.15) is 0 Å². The van der Waals surface area contributed by atoms with Gasteiger partial charge in [0.05, 0.1) is 25.9 Å². The van der Waals surface area contributed by atoms with Crippen molar-refractivity contribution in [2.75, 3.05) is 69.3 Å². The number of benzene rings is 1. The van der Waals surface area contributed by atoms with E-state index in [9.17, 15) is 4.79 Å². The van der Waals surface area contributed by atoms with Gasteiger partial charge < -0.3 is 25.0 Å². The number of hydrogen-bond acceptors (Lipinski definition) is 5. The Hall–Kier alpha value is -1.83. The molecule has 1 atom stereocenters. The molecule has 1 unspecified atom stereocenters. The van der Waals surface area contributed by atoms with Gasteiger partial charge in [0.25, 0.3) is 0 Å². The highest BCUT2D eigenvalue weighted by Gasteiger charge is 2.16. The molecular formula is C19H30N4O3. The largest absolute Gasteiger partial charge is 0.379 e. The van der Waals surface area contributed by atoms with Gasteiger partial charge in [0.1, 0.15) is 0 Å². The van der Waals surface area contributed by atoms with Crippen molar-refractivity contribution >= 4 is 17.4 Å². The number of ether oxygens (including phenoxy) is 2. The lowest BCUT2D eigenvalue weighted by Crippen LogP contribution is -2.41. The molecule has 26 heavy (non-hydrogen) atoms. The number of amides is 2. The van der Waals surface area contributed by atoms with Gasteiger partial charge in [-0.25, -0.2) is 4.79 Å². The Bertz CT molecular complexity index is 560. The van der Waals surface area contributed by atoms with Gasteiger partial charge in [0.15, 0.2) is 0 Å². The number of nitrogens with one attached hydrogen (secondary N) is 2. The molecule has 3 rings (SSSR count). The quantitative estimate of drug-likeness (QED) is 0.755. The third kappa shape index (κ3) is 5.86. The molecule has 7 nitrogen and oxygen atoms in total. The molecule has 1 aromatic rings. The molecule has 2 aliphatic heterocycles. The maximum atomic E-state index is 12.0. The Morgan fingerprint density at radius 2 is 1.92 bits per heavy atom. The highest BCUT2D eigenvalue weighted by Crippen LogP contribution is 2.20. The zero-order valence-electron chi connectivity index (χ0n) is 15.6. The summed E-state index contributed by atoms with van der Waals surface area (Å²) in [6.07, 6.45) is 1.20. The number of nitrogens with zero attached hydrogens (tertiary/aromatic N) is 2. The average Bonchev–Trinajstić information content (AvgIpc) is 2.67. The molecule has 0 saturated carbocycles. The molecule has 0 spiro atoms. The smallest absolute Gasteiger partial charge is 0.319 e. The number of anilines is 2. The summed E-state index contributed by atoms with van der Waals surface area (Å²) >= 11 is 0. The summed E-state index contributed by atoms with van der Waals surface area (Å²) in [6, 6.07) is 7.84. The van der Waals surface area contributed by atoms with Crippen LogP contribution in [0, 0.1) is 0 Å². The predicted molar refractivity (Wildman–Crippen MR) is 103 cm³/mol. The summed E-state index contributed by atoms with van der Waals surface area (Å²) in [6.45, 7) is 9.92. The molecule has 7 heteroatoms. The fourth-order valence-corrected chi connectivity index (χ4v) is 3.31. The van der Waals surface area contributed by atoms with E-state index in [1.54, 1.807) is 0 Å². The van der Waals surface area contributed by atoms with Crippen molar-refractivity contribution in [1.29, 1.82) is 0 Å². The zero-order chi connectivity index (χ0) is 18.2. The van der Waals surface area contributed by atoms with E-state index in [1.165, 1.54) is 0 Å². The summed E-state index contributed by atoms with van der Waals surface area (Å²) in [5, 5.41) is 5.81. The van der Waals surface area contributed by atoms with E-state index >= 15 is 0 Å². The van der Waals surface area contributed by atoms with Gasteiger partial charge in [-0.1, -0.05) is 0 Å². The van der Waals surface area contributed by atoms with Crippen LogP contribution in [-0.4, -0.2) is 76.1 Å². The Labute approximate surface area is 155 Å². The van der Waals surface area contributed by atoms with Crippen LogP contribution < -0.4 is 15.5 Å². The molecule has 2 N–H and O–H groups in total. The topological polar surface area (TPSA) is 66.1 Å². The van der Waals surface area contributed by atoms with Gasteiger partial charge in [-0.15, -0.1) is 0 Å². The Kier molecular flexibility index (Phi) is 7.11. The maximum Gasteiger partial charge on any atom is 0.319 e. The molecule has 1 aromatic carbocycles. The Morgan fingerprint density at radius 1 is 1.15 bits per heavy atom. The average molecular weight is 362 g/mol. The van der Waals surface area contributed by atoms with Crippen molar-refractivity contribution in [3.05, 3.63) is 24.3 Å². The van der Waals surface area contributed by atoms with Crippen molar-refractivity contribution in [1.82, 2.24) is 10.2 Å². The van der Waals surface area contributed by atoms with E-state index in [0.29, 0.717) is 6.54 Å². The van der Waals surface area contributed by atoms with E-state index in [4.69, 9.17) is 9.47 Å². The van der Waals surface area contributed by atoms with Gasteiger partial charge >= 0.3 is 6.03 Å². The Morgan fingerprint density at radius 3 is 2.65 bits per heavy atom. The summed E-state index contributed by atoms with van der Waals surface area (Å²) in [5.41, 5.74) is 1.97. The first-order valence-corrected chi connectivity index (χ1v) is 9.52. The molecular weight excluding hydrogens is 332 g/mol. The highest BCUT2D eigenvalue weighted by atomic mass is 16.5. The molecule has 2 saturated heterocycles. The molecule has 144 valence electrons. The van der Waals surface area contributed by atoms with Crippen LogP contribution in [0.4, 0.5) is 16.2 Å². The van der Waals surface area contributed by atoms with Crippen molar-refractivity contribution < 1.29 is 14.3 Å². The summed E-state index contributed by atoms with van der Waals surface area (Å²) < 4.78 is 10.9. The number of hydrogen-bond donors (Lipinski definition) is 2. The first kappa shape index (κ1) is 18.9. The van der Waals surface area contributed by atoms with E-state index in [1.807, 2.05) is 24.3 Å². The summed E-state index contributed by atoms with van der Waals surface area (Å²) in [7, 11) is 0. The summed E-state index contributed by atoms with van der Waals surface area (Å²) in [5.74, 6) is 0. The van der Waals surface area contributed by atoms with Crippen LogP contribution in [0.3, 0.4) is 0 Å². The second-order valence-corrected chi connectivity index (χ2v) is 6.86. The van der Waals surface area contributed by atoms with Gasteiger partial charge in [-0.05, 0) is 44.2 Å². The van der Waals surface area contributed by atoms with Crippen LogP contribution in [0.1, 0.15) is 13.3 Å². The molecule has 2 fully saturated rings. The molecule has 0 aliphatic carbocycles. The highest BCUT2D eigenvalue weighted by molar-refractivity contribution is 5.89. The first-order chi connectivity index (χ1) is 12.7. The lowest BCUT2D eigenvalue weighted by molar-refractivity contribution is 0.0375. The standard InChI is InChI=1S/C19H30N4O3/c1-16-15-23(11-14-26-16)18-5-3-17(4-6-18)21-19(24)20-7-2-8-22-9-12-25-13-10-22/h3-6,16H,2,7-15H2,1H3,(H2,20,21,24). The fraction of sp³-hybridized carbons (Fsp3) is 0.632. The van der Waals surface area contributed by atoms with E-state index in [0.717, 1.165) is 70.3 Å². The van der Waals surface area contributed by atoms with Crippen molar-refractivity contribution in [2.24, 2.45) is 0 Å². The molecule has 2 aliphatic rings. The van der Waals surface area contributed by atoms with E-state index < -0.39 is 0 Å². The van der Waals surface area contributed by atoms with E-state index in [-0.39, 0.29) is 12.1 Å². The fourth-order valence-electron chi connectivity index (χ4n) is 3.31. The minimum absolute atomic E-state index is 0.153. The minimum Gasteiger partial charge on any atom is -0.379 e. The molecule has 2 heterocycles. The number of carbonyl (C=O) groups is 1. The number of rotatable bonds is 6. The SMILES string of the molecule is CC1CN(c2ccc(NC(=O)NCCCN3CCOCC3)cc2)CCO1. The third-order valence-corrected chi connectivity index (χ3v) is 4.77. The monoisotopic (exact) mass is 362 g/mol. The van der Waals surface area contributed by atoms with Crippen LogP contribution in [-0.2, 0) is 9.47 Å². The Balaban J connectivity index is 1.36. The molecule has 0 aromatic heterocycles. The van der Waals surface area contributed by atoms with Crippen LogP contribution >= 0.6 is 0 Å². The number of carbonyl (C=O) groups excluding carboxylic acids is 1. The lowest BCUT2D eigenvalue weighted by atomic mass is 10.2. The molecule has 2 amide bonds. The van der Waals surface area contributed by atoms with Gasteiger partial charge in [0, 0.05) is 44.1 Å². The normalized spacial score (nSPS) is 21.4. The number of urea groups is 1. The van der Waals surface area contributed by atoms with Gasteiger partial charge in [0.2, 0.25) is 0 Å². The second-order valence-electron chi connectivity index (χ2n) is 6.86. The van der Waals surface area contributed by atoms with Crippen molar-refractivity contribution in [3.8, 4) is 0 Å². The maximum absolute atomic E-state index is 12.0. The molecule has 0 bridgehead atoms. The lowest BCUT2D eigenvalue weighted by Gasteiger charge is -2.33. The van der Waals surface area contributed by atoms with Crippen LogP contribution in [0.2, 0.25) is 0 Å². The van der Waals surface area contributed by atoms with E-state index in [2.05, 4.69) is 27.4 Å². The summed E-state index contributed by atoms with van der Waals surface area (Å²) in [4.78, 5) is 16.7. The van der Waals surface area contributed by atoms with Crippen LogP contribution in [0.15, 0.2) is 24.3 Å². The van der Waals surface area contributed by atoms with Crippen molar-refractivity contribution in [3.63, 3.8) is 0 Å². The van der Waals surface area contributed by atoms with Crippen LogP contribution in [0.5, 0.6) is 0 Å². The van der Waals surface area contributed by atoms with Crippen LogP contribution in [0.25, 0.3) is 0 Å². The number of morpholine rings is 2. The van der Waals surface area contributed by atoms with Crippen molar-refractivity contribution in [2.45, 2.75) is 19.4 Å². The second kappa shape index (κ2) is 9.75.